The molecule has 4 saturated carbocycles. The molecular weight excluding hydrogens is 478 g/mol. The van der Waals surface area contributed by atoms with E-state index >= 15 is 0 Å². The summed E-state index contributed by atoms with van der Waals surface area (Å²) in [5.41, 5.74) is 2.77. The van der Waals surface area contributed by atoms with Crippen LogP contribution in [0.15, 0.2) is 12.2 Å². The van der Waals surface area contributed by atoms with Crippen molar-refractivity contribution < 1.29 is 21.7 Å². The molecule has 6 unspecified atom stereocenters. The molecule has 0 bridgehead atoms. The molecule has 4 aliphatic carbocycles. The fourth-order valence-corrected chi connectivity index (χ4v) is 11.8. The van der Waals surface area contributed by atoms with E-state index in [0.717, 1.165) is 41.0 Å². The summed E-state index contributed by atoms with van der Waals surface area (Å²) in [6, 6.07) is 0. The standard InChI is InChI=1S/C25H44NSi.2C2H6N.CH3.Ti/c1-17-19-11-7-9-13-21(19)23-15-18(27(5,6)26-25(2,3)4)16-24(23)22-14-10-8-12-20(17)22;2*1-3-2;;/h18-24H,1,7-16H2,2-6H3;2*1-2H3;1H3;/q4*-1;+4. The molecule has 0 aromatic carbocycles. The van der Waals surface area contributed by atoms with Crippen molar-refractivity contribution >= 4 is 8.24 Å². The van der Waals surface area contributed by atoms with Gasteiger partial charge in [0.2, 0.25) is 0 Å². The summed E-state index contributed by atoms with van der Waals surface area (Å²) in [4.78, 5) is 5.45. The SMILES string of the molecule is C=C1C2CCCCC2C2CC([Si](C)(C)[N-]C(C)(C)C)CC2C2CCCCC12.C[N-]C.C[N-]C.[CH3-].[Ti+4]. The average Bonchev–Trinajstić information content (AvgIpc) is 3.16. The molecule has 4 rings (SSSR count). The predicted molar refractivity (Wildman–Crippen MR) is 157 cm³/mol. The van der Waals surface area contributed by atoms with Crippen LogP contribution < -0.4 is 0 Å². The Morgan fingerprint density at radius 3 is 1.40 bits per heavy atom. The molecule has 35 heavy (non-hydrogen) atoms. The minimum Gasteiger partial charge on any atom is -0.668 e. The van der Waals surface area contributed by atoms with E-state index in [4.69, 9.17) is 11.6 Å². The molecule has 6 atom stereocenters. The van der Waals surface area contributed by atoms with Gasteiger partial charge in [0.25, 0.3) is 0 Å². The van der Waals surface area contributed by atoms with E-state index in [2.05, 4.69) is 44.5 Å². The minimum atomic E-state index is -1.54. The number of allylic oxidation sites excluding steroid dienone is 1. The van der Waals surface area contributed by atoms with Crippen LogP contribution in [0.5, 0.6) is 0 Å². The van der Waals surface area contributed by atoms with Crippen LogP contribution in [0.1, 0.15) is 85.0 Å². The topological polar surface area (TPSA) is 42.3 Å². The third-order valence-electron chi connectivity index (χ3n) is 8.98. The predicted octanol–water partition coefficient (Wildman–Crippen LogP) is 9.63. The van der Waals surface area contributed by atoms with Crippen LogP contribution in [0.3, 0.4) is 0 Å². The van der Waals surface area contributed by atoms with Crippen molar-refractivity contribution in [1.29, 1.82) is 0 Å². The van der Waals surface area contributed by atoms with Gasteiger partial charge in [-0.05, 0) is 61.2 Å². The van der Waals surface area contributed by atoms with Gasteiger partial charge < -0.3 is 23.0 Å². The van der Waals surface area contributed by atoms with Crippen LogP contribution in [0.25, 0.3) is 15.6 Å². The Kier molecular flexibility index (Phi) is 16.1. The van der Waals surface area contributed by atoms with E-state index in [0.29, 0.717) is 0 Å². The van der Waals surface area contributed by atoms with Gasteiger partial charge in [0.05, 0.1) is 0 Å². The third kappa shape index (κ3) is 9.36. The molecule has 0 radical (unpaired) electrons. The Morgan fingerprint density at radius 1 is 0.714 bits per heavy atom. The summed E-state index contributed by atoms with van der Waals surface area (Å²) < 4.78 is 0. The Hall–Kier alpha value is 0.551. The smallest absolute Gasteiger partial charge is 0.668 e. The van der Waals surface area contributed by atoms with E-state index in [1.165, 1.54) is 64.2 Å². The minimum absolute atomic E-state index is 0. The number of nitrogens with zero attached hydrogens (tertiary/aromatic N) is 3. The van der Waals surface area contributed by atoms with Crippen molar-refractivity contribution in [1.82, 2.24) is 0 Å². The summed E-state index contributed by atoms with van der Waals surface area (Å²) in [7, 11) is 5.46. The van der Waals surface area contributed by atoms with Crippen molar-refractivity contribution in [2.24, 2.45) is 35.5 Å². The fraction of sp³-hybridized carbons (Fsp3) is 0.900. The molecule has 0 amide bonds. The second kappa shape index (κ2) is 15.8. The summed E-state index contributed by atoms with van der Waals surface area (Å²) >= 11 is 0. The molecule has 0 aromatic heterocycles. The van der Waals surface area contributed by atoms with E-state index in [9.17, 15) is 0 Å². The summed E-state index contributed by atoms with van der Waals surface area (Å²) in [6.07, 6.45) is 14.8. The average molecular weight is 538 g/mol. The van der Waals surface area contributed by atoms with Gasteiger partial charge in [-0.15, -0.1) is 5.54 Å². The molecular formula is C30H59N3SiTi. The molecule has 0 saturated heterocycles. The number of fused-ring (bicyclic) bond motifs is 5. The van der Waals surface area contributed by atoms with Crippen LogP contribution >= 0.6 is 0 Å². The van der Waals surface area contributed by atoms with Gasteiger partial charge in [0, 0.05) is 0 Å². The molecule has 0 spiro atoms. The molecule has 0 aromatic rings. The Labute approximate surface area is 237 Å². The largest absolute Gasteiger partial charge is 4.00 e. The van der Waals surface area contributed by atoms with Crippen molar-refractivity contribution in [3.63, 3.8) is 0 Å². The Morgan fingerprint density at radius 2 is 1.06 bits per heavy atom. The van der Waals surface area contributed by atoms with Crippen LogP contribution in [0.2, 0.25) is 18.6 Å². The van der Waals surface area contributed by atoms with Gasteiger partial charge in [0.15, 0.2) is 0 Å². The van der Waals surface area contributed by atoms with E-state index in [1.54, 1.807) is 33.8 Å². The summed E-state index contributed by atoms with van der Waals surface area (Å²) in [6.45, 7) is 16.9. The van der Waals surface area contributed by atoms with Crippen LogP contribution in [0, 0.1) is 42.9 Å². The molecule has 5 heteroatoms. The summed E-state index contributed by atoms with van der Waals surface area (Å²) in [5, 5.41) is 7.00. The first-order chi connectivity index (χ1) is 15.5. The first-order valence-corrected chi connectivity index (χ1v) is 16.9. The third-order valence-corrected chi connectivity index (χ3v) is 12.7. The summed E-state index contributed by atoms with van der Waals surface area (Å²) in [5.74, 6) is 5.64. The Bertz CT molecular complexity index is 567. The fourth-order valence-electron chi connectivity index (χ4n) is 8.16. The van der Waals surface area contributed by atoms with Crippen LogP contribution in [-0.4, -0.2) is 42.0 Å². The first-order valence-electron chi connectivity index (χ1n) is 13.9. The normalized spacial score (nSPS) is 34.1. The van der Waals surface area contributed by atoms with Gasteiger partial charge >= 0.3 is 21.7 Å². The van der Waals surface area contributed by atoms with Crippen molar-refractivity contribution in [3.8, 4) is 0 Å². The maximum absolute atomic E-state index is 5.45. The molecule has 3 nitrogen and oxygen atoms in total. The van der Waals surface area contributed by atoms with Crippen molar-refractivity contribution in [3.05, 3.63) is 35.2 Å². The zero-order valence-electron chi connectivity index (χ0n) is 25.2. The molecule has 0 N–H and O–H groups in total. The Balaban J connectivity index is 0.00000132. The second-order valence-corrected chi connectivity index (χ2v) is 17.4. The number of hydrogen-bond donors (Lipinski definition) is 0. The van der Waals surface area contributed by atoms with E-state index in [1.807, 2.05) is 0 Å². The molecule has 0 heterocycles. The zero-order chi connectivity index (χ0) is 24.8. The van der Waals surface area contributed by atoms with Gasteiger partial charge in [-0.1, -0.05) is 98.3 Å². The molecule has 202 valence electrons. The van der Waals surface area contributed by atoms with Gasteiger partial charge in [-0.3, -0.25) is 0 Å². The molecule has 4 aliphatic rings. The van der Waals surface area contributed by atoms with E-state index in [-0.39, 0.29) is 34.7 Å². The van der Waals surface area contributed by atoms with E-state index < -0.39 is 8.24 Å². The van der Waals surface area contributed by atoms with Crippen molar-refractivity contribution in [2.75, 3.05) is 28.2 Å². The van der Waals surface area contributed by atoms with Gasteiger partial charge in [-0.25, -0.2) is 0 Å². The maximum Gasteiger partial charge on any atom is 4.00 e. The number of hydrogen-bond acceptors (Lipinski definition) is 0. The molecule has 0 aliphatic heterocycles. The van der Waals surface area contributed by atoms with Crippen LogP contribution in [-0.2, 0) is 21.7 Å². The monoisotopic (exact) mass is 537 g/mol. The van der Waals surface area contributed by atoms with Crippen molar-refractivity contribution in [2.45, 2.75) is 109 Å². The van der Waals surface area contributed by atoms with Gasteiger partial charge in [0.1, 0.15) is 0 Å². The number of rotatable bonds is 2. The maximum atomic E-state index is 5.45. The second-order valence-electron chi connectivity index (χ2n) is 13.0. The first kappa shape index (κ1) is 35.6. The zero-order valence-corrected chi connectivity index (χ0v) is 27.7. The van der Waals surface area contributed by atoms with Crippen LogP contribution in [0.4, 0.5) is 0 Å². The quantitative estimate of drug-likeness (QED) is 0.191. The van der Waals surface area contributed by atoms with Gasteiger partial charge in [-0.2, -0.15) is 28.2 Å². The molecule has 4 fully saturated rings.